The van der Waals surface area contributed by atoms with E-state index in [1.807, 2.05) is 17.9 Å². The van der Waals surface area contributed by atoms with Crippen LogP contribution in [0.2, 0.25) is 5.02 Å². The van der Waals surface area contributed by atoms with Gasteiger partial charge in [0.05, 0.1) is 16.3 Å². The van der Waals surface area contributed by atoms with E-state index in [0.29, 0.717) is 49.3 Å². The lowest BCUT2D eigenvalue weighted by atomic mass is 10.2. The van der Waals surface area contributed by atoms with Gasteiger partial charge in [0.1, 0.15) is 32.4 Å². The fourth-order valence-electron chi connectivity index (χ4n) is 3.17. The van der Waals surface area contributed by atoms with E-state index < -0.39 is 11.7 Å². The third kappa shape index (κ3) is 5.14. The molecule has 0 unspecified atom stereocenters. The highest BCUT2D eigenvalue weighted by Crippen LogP contribution is 2.28. The standard InChI is InChI=1S/C19H20ClF3N4O/c1-13-2-4-16(15(20)10-13)25-18(28)12-26-6-8-27(9-7-26)17-5-3-14(11-24-17)19(21,22)23/h2-5,10-11H,6-9,12H2,1H3,(H,25,28)/p+2. The number of piperazine rings is 1. The molecule has 9 heteroatoms. The molecule has 2 aromatic rings. The summed E-state index contributed by atoms with van der Waals surface area (Å²) in [7, 11) is 0. The molecule has 1 amide bonds. The molecule has 3 rings (SSSR count). The average Bonchev–Trinajstić information content (AvgIpc) is 2.64. The number of pyridine rings is 1. The summed E-state index contributed by atoms with van der Waals surface area (Å²) in [6.45, 7) is 4.96. The van der Waals surface area contributed by atoms with Gasteiger partial charge in [-0.1, -0.05) is 17.7 Å². The molecule has 1 aliphatic heterocycles. The number of aromatic amines is 1. The van der Waals surface area contributed by atoms with Crippen LogP contribution in [0.3, 0.4) is 0 Å². The Bertz CT molecular complexity index is 834. The zero-order valence-corrected chi connectivity index (χ0v) is 16.1. The van der Waals surface area contributed by atoms with Crippen LogP contribution in [-0.4, -0.2) is 38.6 Å². The minimum absolute atomic E-state index is 0.115. The first-order chi connectivity index (χ1) is 13.2. The Morgan fingerprint density at radius 2 is 1.96 bits per heavy atom. The fraction of sp³-hybridized carbons (Fsp3) is 0.368. The Labute approximate surface area is 166 Å². The van der Waals surface area contributed by atoms with Crippen LogP contribution in [0.5, 0.6) is 0 Å². The molecule has 28 heavy (non-hydrogen) atoms. The first-order valence-corrected chi connectivity index (χ1v) is 9.33. The number of aryl methyl sites for hydroxylation is 1. The molecule has 0 bridgehead atoms. The summed E-state index contributed by atoms with van der Waals surface area (Å²) in [6.07, 6.45) is -3.38. The van der Waals surface area contributed by atoms with Gasteiger partial charge in [-0.05, 0) is 30.7 Å². The highest BCUT2D eigenvalue weighted by molar-refractivity contribution is 6.33. The van der Waals surface area contributed by atoms with Gasteiger partial charge in [-0.15, -0.1) is 0 Å². The largest absolute Gasteiger partial charge is 0.419 e. The first kappa shape index (κ1) is 20.4. The van der Waals surface area contributed by atoms with Crippen LogP contribution in [-0.2, 0) is 11.0 Å². The molecule has 5 nitrogen and oxygen atoms in total. The quantitative estimate of drug-likeness (QED) is 0.802. The van der Waals surface area contributed by atoms with Gasteiger partial charge in [0, 0.05) is 6.07 Å². The Morgan fingerprint density at radius 1 is 1.25 bits per heavy atom. The minimum Gasteiger partial charge on any atom is -0.321 e. The van der Waals surface area contributed by atoms with E-state index in [1.165, 1.54) is 6.07 Å². The van der Waals surface area contributed by atoms with E-state index in [4.69, 9.17) is 11.6 Å². The van der Waals surface area contributed by atoms with Crippen LogP contribution in [0, 0.1) is 6.92 Å². The second kappa shape index (κ2) is 8.36. The number of carbonyl (C=O) groups is 1. The van der Waals surface area contributed by atoms with E-state index in [9.17, 15) is 18.0 Å². The number of alkyl halides is 3. The van der Waals surface area contributed by atoms with Gasteiger partial charge in [-0.25, -0.2) is 4.98 Å². The second-order valence-electron chi connectivity index (χ2n) is 6.91. The number of benzene rings is 1. The van der Waals surface area contributed by atoms with E-state index in [1.54, 1.807) is 12.1 Å². The summed E-state index contributed by atoms with van der Waals surface area (Å²) in [5, 5.41) is 3.34. The summed E-state index contributed by atoms with van der Waals surface area (Å²) >= 11 is 6.14. The first-order valence-electron chi connectivity index (χ1n) is 8.96. The third-order valence-electron chi connectivity index (χ3n) is 4.74. The summed E-state index contributed by atoms with van der Waals surface area (Å²) in [6, 6.07) is 7.98. The average molecular weight is 415 g/mol. The zero-order chi connectivity index (χ0) is 20.3. The smallest absolute Gasteiger partial charge is 0.321 e. The van der Waals surface area contributed by atoms with E-state index >= 15 is 0 Å². The summed E-state index contributed by atoms with van der Waals surface area (Å²) in [5.74, 6) is 0.526. The Balaban J connectivity index is 1.50. The summed E-state index contributed by atoms with van der Waals surface area (Å²) in [4.78, 5) is 18.1. The second-order valence-corrected chi connectivity index (χ2v) is 7.31. The molecule has 0 atom stereocenters. The Hall–Kier alpha value is -2.32. The highest BCUT2D eigenvalue weighted by Gasteiger charge is 2.33. The molecule has 0 saturated carbocycles. The monoisotopic (exact) mass is 414 g/mol. The lowest BCUT2D eigenvalue weighted by molar-refractivity contribution is -0.892. The van der Waals surface area contributed by atoms with Crippen molar-refractivity contribution in [2.24, 2.45) is 0 Å². The molecule has 1 fully saturated rings. The summed E-state index contributed by atoms with van der Waals surface area (Å²) in [5.41, 5.74) is 0.909. The lowest BCUT2D eigenvalue weighted by Gasteiger charge is -2.28. The maximum absolute atomic E-state index is 12.7. The number of nitrogens with zero attached hydrogens (tertiary/aromatic N) is 1. The Morgan fingerprint density at radius 3 is 2.54 bits per heavy atom. The molecule has 1 aromatic heterocycles. The van der Waals surface area contributed by atoms with Gasteiger partial charge in [0.25, 0.3) is 11.7 Å². The van der Waals surface area contributed by atoms with Gasteiger partial charge in [-0.2, -0.15) is 13.2 Å². The number of aromatic nitrogens is 1. The number of anilines is 2. The van der Waals surface area contributed by atoms with Crippen LogP contribution < -0.4 is 20.1 Å². The molecular formula is C19H22ClF3N4O+2. The third-order valence-corrected chi connectivity index (χ3v) is 5.06. The normalized spacial score (nSPS) is 15.5. The van der Waals surface area contributed by atoms with Crippen molar-refractivity contribution in [2.45, 2.75) is 13.1 Å². The number of amides is 1. The number of hydrogen-bond donors (Lipinski definition) is 2. The number of rotatable bonds is 4. The van der Waals surface area contributed by atoms with Crippen LogP contribution >= 0.6 is 11.6 Å². The molecule has 0 spiro atoms. The van der Waals surface area contributed by atoms with Gasteiger partial charge in [0.15, 0.2) is 6.54 Å². The molecule has 1 saturated heterocycles. The fourth-order valence-corrected chi connectivity index (χ4v) is 3.46. The van der Waals surface area contributed by atoms with Gasteiger partial charge >= 0.3 is 6.18 Å². The van der Waals surface area contributed by atoms with Crippen molar-refractivity contribution >= 4 is 29.0 Å². The van der Waals surface area contributed by atoms with E-state index in [-0.39, 0.29) is 5.91 Å². The van der Waals surface area contributed by atoms with Crippen LogP contribution in [0.25, 0.3) is 0 Å². The van der Waals surface area contributed by atoms with E-state index in [2.05, 4.69) is 10.3 Å². The molecule has 0 radical (unpaired) electrons. The SMILES string of the molecule is Cc1ccc(NC(=O)C[NH+]2CCN(c3ccc(C(F)(F)F)c[nH+]3)CC2)c(Cl)c1. The number of carbonyl (C=O) groups excluding carboxylic acids is 1. The van der Waals surface area contributed by atoms with Crippen molar-refractivity contribution in [1.82, 2.24) is 0 Å². The maximum atomic E-state index is 12.7. The van der Waals surface area contributed by atoms with Crippen LogP contribution in [0.4, 0.5) is 24.7 Å². The van der Waals surface area contributed by atoms with Crippen molar-refractivity contribution < 1.29 is 27.8 Å². The van der Waals surface area contributed by atoms with Crippen molar-refractivity contribution in [1.29, 1.82) is 0 Å². The van der Waals surface area contributed by atoms with E-state index in [0.717, 1.165) is 22.7 Å². The molecule has 1 aromatic carbocycles. The predicted octanol–water partition coefficient (Wildman–Crippen LogP) is 1.82. The van der Waals surface area contributed by atoms with Crippen molar-refractivity contribution in [3.8, 4) is 0 Å². The summed E-state index contributed by atoms with van der Waals surface area (Å²) < 4.78 is 38.0. The zero-order valence-electron chi connectivity index (χ0n) is 15.4. The number of halogens is 4. The van der Waals surface area contributed by atoms with Crippen molar-refractivity contribution in [3.63, 3.8) is 0 Å². The maximum Gasteiger partial charge on any atom is 0.419 e. The minimum atomic E-state index is -4.36. The highest BCUT2D eigenvalue weighted by atomic mass is 35.5. The van der Waals surface area contributed by atoms with Crippen molar-refractivity contribution in [3.05, 3.63) is 52.7 Å². The van der Waals surface area contributed by atoms with Crippen LogP contribution in [0.15, 0.2) is 36.5 Å². The van der Waals surface area contributed by atoms with Crippen LogP contribution in [0.1, 0.15) is 11.1 Å². The lowest BCUT2D eigenvalue weighted by Crippen LogP contribution is -3.15. The Kier molecular flexibility index (Phi) is 6.10. The van der Waals surface area contributed by atoms with Gasteiger partial charge < -0.3 is 10.2 Å². The number of hydrogen-bond acceptors (Lipinski definition) is 2. The molecule has 3 N–H and O–H groups in total. The molecule has 1 aliphatic rings. The number of quaternary nitrogens is 1. The number of H-pyrrole nitrogens is 1. The predicted molar refractivity (Wildman–Crippen MR) is 101 cm³/mol. The molecule has 0 aliphatic carbocycles. The molecule has 2 heterocycles. The van der Waals surface area contributed by atoms with Crippen molar-refractivity contribution in [2.75, 3.05) is 42.9 Å². The molecular weight excluding hydrogens is 393 g/mol. The molecule has 150 valence electrons. The van der Waals surface area contributed by atoms with Gasteiger partial charge in [-0.3, -0.25) is 9.69 Å². The topological polar surface area (TPSA) is 50.9 Å². The number of nitrogens with one attached hydrogen (secondary N) is 3. The van der Waals surface area contributed by atoms with Gasteiger partial charge in [0.2, 0.25) is 0 Å².